The zero-order valence-corrected chi connectivity index (χ0v) is 14.4. The lowest BCUT2D eigenvalue weighted by atomic mass is 9.68. The minimum Gasteiger partial charge on any atom is -0.384 e. The van der Waals surface area contributed by atoms with Gasteiger partial charge >= 0.3 is 0 Å². The quantitative estimate of drug-likeness (QED) is 0.858. The fourth-order valence-corrected chi connectivity index (χ4v) is 4.27. The number of nitriles is 1. The summed E-state index contributed by atoms with van der Waals surface area (Å²) >= 11 is 0. The lowest BCUT2D eigenvalue weighted by Gasteiger charge is -2.41. The molecule has 1 saturated carbocycles. The number of rotatable bonds is 3. The summed E-state index contributed by atoms with van der Waals surface area (Å²) in [4.78, 5) is 26.9. The molecule has 1 heterocycles. The van der Waals surface area contributed by atoms with Gasteiger partial charge in [-0.3, -0.25) is 14.5 Å². The van der Waals surface area contributed by atoms with Crippen LogP contribution in [0.1, 0.15) is 39.0 Å². The molecule has 1 aromatic carbocycles. The van der Waals surface area contributed by atoms with E-state index in [1.165, 1.54) is 18.2 Å². The Labute approximate surface area is 148 Å². The molecule has 1 aromatic rings. The number of nitrogens with zero attached hydrogens (tertiary/aromatic N) is 2. The molecule has 5 nitrogen and oxygen atoms in total. The molecule has 0 unspecified atom stereocenters. The van der Waals surface area contributed by atoms with Crippen LogP contribution in [0, 0.1) is 29.1 Å². The third-order valence-corrected chi connectivity index (χ3v) is 5.43. The molecule has 0 saturated heterocycles. The number of carbonyl (C=O) groups is 2. The van der Waals surface area contributed by atoms with Gasteiger partial charge in [0.1, 0.15) is 17.5 Å². The second-order valence-electron chi connectivity index (χ2n) is 6.93. The molecule has 1 amide bonds. The van der Waals surface area contributed by atoms with Crippen LogP contribution < -0.4 is 10.6 Å². The largest absolute Gasteiger partial charge is 0.384 e. The number of carbonyl (C=O) groups excluding carboxylic acids is 2. The fraction of sp³-hybridized carbons (Fsp3) is 0.450. The molecule has 25 heavy (non-hydrogen) atoms. The third kappa shape index (κ3) is 3.05. The highest BCUT2D eigenvalue weighted by Gasteiger charge is 2.47. The van der Waals surface area contributed by atoms with E-state index in [1.54, 1.807) is 24.3 Å². The highest BCUT2D eigenvalue weighted by Crippen LogP contribution is 2.43. The van der Waals surface area contributed by atoms with Crippen LogP contribution in [0.3, 0.4) is 0 Å². The van der Waals surface area contributed by atoms with Crippen molar-refractivity contribution in [3.05, 3.63) is 41.7 Å². The number of ketones is 1. The first kappa shape index (κ1) is 17.2. The van der Waals surface area contributed by atoms with E-state index in [-0.39, 0.29) is 23.4 Å². The van der Waals surface area contributed by atoms with E-state index in [4.69, 9.17) is 5.73 Å². The molecule has 2 aliphatic rings. The Morgan fingerprint density at radius 2 is 1.84 bits per heavy atom. The van der Waals surface area contributed by atoms with Gasteiger partial charge in [0, 0.05) is 5.92 Å². The van der Waals surface area contributed by atoms with Gasteiger partial charge in [-0.1, -0.05) is 37.5 Å². The van der Waals surface area contributed by atoms with Crippen LogP contribution in [0.15, 0.2) is 41.7 Å². The van der Waals surface area contributed by atoms with Crippen molar-refractivity contribution in [3.8, 4) is 6.07 Å². The predicted molar refractivity (Wildman–Crippen MR) is 95.0 cm³/mol. The fourth-order valence-electron chi connectivity index (χ4n) is 4.27. The van der Waals surface area contributed by atoms with E-state index in [2.05, 4.69) is 6.07 Å². The van der Waals surface area contributed by atoms with Gasteiger partial charge in [0.15, 0.2) is 0 Å². The average molecular weight is 337 g/mol. The molecular formula is C20H23N3O2. The minimum atomic E-state index is -0.828. The van der Waals surface area contributed by atoms with Crippen molar-refractivity contribution in [2.45, 2.75) is 39.0 Å². The molecular weight excluding hydrogens is 314 g/mol. The van der Waals surface area contributed by atoms with Gasteiger partial charge in [0.2, 0.25) is 5.91 Å². The monoisotopic (exact) mass is 337 g/mol. The zero-order chi connectivity index (χ0) is 18.0. The molecule has 0 radical (unpaired) electrons. The third-order valence-electron chi connectivity index (χ3n) is 5.43. The number of anilines is 1. The number of hydrogen-bond acceptors (Lipinski definition) is 4. The molecule has 2 N–H and O–H groups in total. The molecule has 5 heteroatoms. The van der Waals surface area contributed by atoms with Crippen molar-refractivity contribution in [2.75, 3.05) is 4.90 Å². The van der Waals surface area contributed by atoms with Gasteiger partial charge < -0.3 is 5.73 Å². The van der Waals surface area contributed by atoms with Crippen LogP contribution >= 0.6 is 0 Å². The Balaban J connectivity index is 2.12. The SMILES string of the molecule is CC(=O)[C@H]1C(=O)N(c2ccccc2)C(N)=C(C#N)[C@@H]1C1CCCCC1. The normalized spacial score (nSPS) is 25.0. The van der Waals surface area contributed by atoms with Crippen molar-refractivity contribution in [1.82, 2.24) is 0 Å². The first-order valence-electron chi connectivity index (χ1n) is 8.85. The molecule has 0 spiro atoms. The summed E-state index contributed by atoms with van der Waals surface area (Å²) in [7, 11) is 0. The summed E-state index contributed by atoms with van der Waals surface area (Å²) in [5.74, 6) is -1.39. The summed E-state index contributed by atoms with van der Waals surface area (Å²) in [6.07, 6.45) is 5.18. The average Bonchev–Trinajstić information content (AvgIpc) is 2.62. The predicted octanol–water partition coefficient (Wildman–Crippen LogP) is 3.13. The van der Waals surface area contributed by atoms with E-state index in [0.29, 0.717) is 11.3 Å². The van der Waals surface area contributed by atoms with Crippen molar-refractivity contribution in [3.63, 3.8) is 0 Å². The van der Waals surface area contributed by atoms with E-state index < -0.39 is 11.8 Å². The van der Waals surface area contributed by atoms with E-state index >= 15 is 0 Å². The molecule has 1 fully saturated rings. The van der Waals surface area contributed by atoms with Gasteiger partial charge in [-0.25, -0.2) is 0 Å². The molecule has 0 bridgehead atoms. The first-order chi connectivity index (χ1) is 12.1. The highest BCUT2D eigenvalue weighted by atomic mass is 16.2. The second kappa shape index (κ2) is 7.10. The molecule has 0 aromatic heterocycles. The number of allylic oxidation sites excluding steroid dienone is 1. The lowest BCUT2D eigenvalue weighted by molar-refractivity contribution is -0.134. The van der Waals surface area contributed by atoms with Gasteiger partial charge in [0.25, 0.3) is 0 Å². The van der Waals surface area contributed by atoms with E-state index in [0.717, 1.165) is 25.7 Å². The number of hydrogen-bond donors (Lipinski definition) is 1. The van der Waals surface area contributed by atoms with Crippen LogP contribution in [0.25, 0.3) is 0 Å². The van der Waals surface area contributed by atoms with Crippen LogP contribution in [0.2, 0.25) is 0 Å². The maximum atomic E-state index is 13.2. The molecule has 130 valence electrons. The van der Waals surface area contributed by atoms with E-state index in [9.17, 15) is 14.9 Å². The maximum absolute atomic E-state index is 13.2. The van der Waals surface area contributed by atoms with Gasteiger partial charge in [-0.2, -0.15) is 5.26 Å². The molecule has 1 aliphatic carbocycles. The molecule has 3 rings (SSSR count). The molecule has 1 aliphatic heterocycles. The number of Topliss-reactive ketones (excluding diaryl/α,β-unsaturated/α-hetero) is 1. The Morgan fingerprint density at radius 3 is 2.40 bits per heavy atom. The van der Waals surface area contributed by atoms with Crippen molar-refractivity contribution < 1.29 is 9.59 Å². The summed E-state index contributed by atoms with van der Waals surface area (Å²) in [5.41, 5.74) is 7.24. The molecule has 2 atom stereocenters. The van der Waals surface area contributed by atoms with Crippen molar-refractivity contribution >= 4 is 17.4 Å². The zero-order valence-electron chi connectivity index (χ0n) is 14.4. The standard InChI is InChI=1S/C20H23N3O2/c1-13(24)17-18(14-8-4-2-5-9-14)16(12-21)19(22)23(20(17)25)15-10-6-3-7-11-15/h3,6-7,10-11,14,17-18H,2,4-5,8-9,22H2,1H3/t17-,18+/m1/s1. The van der Waals surface area contributed by atoms with Crippen LogP contribution in [-0.2, 0) is 9.59 Å². The van der Waals surface area contributed by atoms with Crippen molar-refractivity contribution in [2.24, 2.45) is 23.5 Å². The smallest absolute Gasteiger partial charge is 0.243 e. The second-order valence-corrected chi connectivity index (χ2v) is 6.93. The Bertz CT molecular complexity index is 742. The summed E-state index contributed by atoms with van der Waals surface area (Å²) in [6.45, 7) is 1.44. The van der Waals surface area contributed by atoms with Crippen LogP contribution in [0.4, 0.5) is 5.69 Å². The Kier molecular flexibility index (Phi) is 4.89. The van der Waals surface area contributed by atoms with Gasteiger partial charge in [0.05, 0.1) is 17.3 Å². The van der Waals surface area contributed by atoms with E-state index in [1.807, 2.05) is 6.07 Å². The Hall–Kier alpha value is -2.61. The number of amides is 1. The van der Waals surface area contributed by atoms with Crippen molar-refractivity contribution in [1.29, 1.82) is 5.26 Å². The summed E-state index contributed by atoms with van der Waals surface area (Å²) < 4.78 is 0. The summed E-state index contributed by atoms with van der Waals surface area (Å²) in [5, 5.41) is 9.78. The highest BCUT2D eigenvalue weighted by molar-refractivity contribution is 6.11. The first-order valence-corrected chi connectivity index (χ1v) is 8.85. The topological polar surface area (TPSA) is 87.2 Å². The van der Waals surface area contributed by atoms with Crippen LogP contribution in [-0.4, -0.2) is 11.7 Å². The summed E-state index contributed by atoms with van der Waals surface area (Å²) in [6, 6.07) is 11.2. The van der Waals surface area contributed by atoms with Gasteiger partial charge in [-0.05, 0) is 37.8 Å². The van der Waals surface area contributed by atoms with Gasteiger partial charge in [-0.15, -0.1) is 0 Å². The minimum absolute atomic E-state index is 0.165. The number of para-hydroxylation sites is 1. The maximum Gasteiger partial charge on any atom is 0.243 e. The number of nitrogens with two attached hydrogens (primary N) is 1. The lowest BCUT2D eigenvalue weighted by Crippen LogP contribution is -2.51. The Morgan fingerprint density at radius 1 is 1.20 bits per heavy atom. The van der Waals surface area contributed by atoms with Crippen LogP contribution in [0.5, 0.6) is 0 Å². The number of benzene rings is 1.